The van der Waals surface area contributed by atoms with Gasteiger partial charge in [0.25, 0.3) is 0 Å². The second-order valence-corrected chi connectivity index (χ2v) is 4.63. The number of anilines is 1. The number of rotatable bonds is 4. The van der Waals surface area contributed by atoms with Gasteiger partial charge in [0.05, 0.1) is 5.92 Å². The molecule has 0 aliphatic carbocycles. The maximum absolute atomic E-state index is 13.6. The van der Waals surface area contributed by atoms with Crippen LogP contribution in [0.25, 0.3) is 0 Å². The second-order valence-electron chi connectivity index (χ2n) is 4.63. The Hall–Kier alpha value is -1.95. The Morgan fingerprint density at radius 2 is 1.89 bits per heavy atom. The molecule has 19 heavy (non-hydrogen) atoms. The van der Waals surface area contributed by atoms with Crippen LogP contribution < -0.4 is 16.8 Å². The minimum Gasteiger partial charge on any atom is -0.366 e. The van der Waals surface area contributed by atoms with Crippen LogP contribution in [-0.2, 0) is 4.79 Å². The first kappa shape index (κ1) is 15.1. The van der Waals surface area contributed by atoms with Gasteiger partial charge in [-0.1, -0.05) is 6.92 Å². The number of primary amides is 1. The van der Waals surface area contributed by atoms with Crippen molar-refractivity contribution in [3.8, 4) is 0 Å². The summed E-state index contributed by atoms with van der Waals surface area (Å²) in [5, 5.41) is 2.56. The lowest BCUT2D eigenvalue weighted by Gasteiger charge is -2.17. The van der Waals surface area contributed by atoms with Gasteiger partial charge in [-0.25, -0.2) is 4.39 Å². The molecule has 0 fully saturated rings. The molecule has 104 valence electrons. The molecule has 0 aliphatic rings. The Morgan fingerprint density at radius 1 is 1.32 bits per heavy atom. The molecule has 1 aromatic carbocycles. The van der Waals surface area contributed by atoms with Crippen molar-refractivity contribution in [2.75, 3.05) is 5.32 Å². The minimum absolute atomic E-state index is 0.00634. The molecule has 2 unspecified atom stereocenters. The van der Waals surface area contributed by atoms with Crippen LogP contribution in [0.15, 0.2) is 12.1 Å². The molecule has 0 aliphatic heterocycles. The van der Waals surface area contributed by atoms with Gasteiger partial charge in [0.1, 0.15) is 5.82 Å². The fraction of sp³-hybridized carbons (Fsp3) is 0.385. The van der Waals surface area contributed by atoms with Crippen molar-refractivity contribution in [1.82, 2.24) is 0 Å². The molecule has 5 nitrogen and oxygen atoms in total. The van der Waals surface area contributed by atoms with Gasteiger partial charge in [0.2, 0.25) is 11.8 Å². The largest absolute Gasteiger partial charge is 0.366 e. The lowest BCUT2D eigenvalue weighted by molar-refractivity contribution is -0.119. The van der Waals surface area contributed by atoms with Crippen molar-refractivity contribution in [3.63, 3.8) is 0 Å². The normalized spacial score (nSPS) is 13.7. The third-order valence-corrected chi connectivity index (χ3v) is 3.09. The first-order valence-corrected chi connectivity index (χ1v) is 5.90. The van der Waals surface area contributed by atoms with E-state index in [9.17, 15) is 14.0 Å². The van der Waals surface area contributed by atoms with Crippen LogP contribution in [0.4, 0.5) is 10.1 Å². The third-order valence-electron chi connectivity index (χ3n) is 3.09. The van der Waals surface area contributed by atoms with E-state index in [4.69, 9.17) is 11.5 Å². The summed E-state index contributed by atoms with van der Waals surface area (Å²) in [6.45, 7) is 4.88. The molecule has 0 spiro atoms. The van der Waals surface area contributed by atoms with E-state index in [0.29, 0.717) is 0 Å². The number of nitrogens with two attached hydrogens (primary N) is 2. The van der Waals surface area contributed by atoms with Gasteiger partial charge in [-0.3, -0.25) is 9.59 Å². The molecule has 0 saturated heterocycles. The van der Waals surface area contributed by atoms with E-state index in [1.807, 2.05) is 0 Å². The van der Waals surface area contributed by atoms with E-state index in [2.05, 4.69) is 5.32 Å². The first-order chi connectivity index (χ1) is 8.73. The van der Waals surface area contributed by atoms with E-state index >= 15 is 0 Å². The highest BCUT2D eigenvalue weighted by atomic mass is 19.1. The Balaban J connectivity index is 3.07. The average Bonchev–Trinajstić information content (AvgIpc) is 2.33. The molecule has 2 atom stereocenters. The highest BCUT2D eigenvalue weighted by molar-refractivity contribution is 5.97. The van der Waals surface area contributed by atoms with Crippen molar-refractivity contribution < 1.29 is 14.0 Å². The van der Waals surface area contributed by atoms with Gasteiger partial charge >= 0.3 is 0 Å². The number of amides is 2. The molecule has 1 rings (SSSR count). The Kier molecular flexibility index (Phi) is 4.61. The zero-order valence-electron chi connectivity index (χ0n) is 11.2. The molecule has 1 aromatic rings. The second kappa shape index (κ2) is 5.79. The van der Waals surface area contributed by atoms with Crippen molar-refractivity contribution >= 4 is 17.5 Å². The van der Waals surface area contributed by atoms with Crippen LogP contribution >= 0.6 is 0 Å². The predicted octanol–water partition coefficient (Wildman–Crippen LogP) is 1.15. The maximum atomic E-state index is 13.6. The van der Waals surface area contributed by atoms with Crippen LogP contribution in [0.1, 0.15) is 29.8 Å². The summed E-state index contributed by atoms with van der Waals surface area (Å²) in [7, 11) is 0. The molecule has 0 bridgehead atoms. The Bertz CT molecular complexity index is 515. The van der Waals surface area contributed by atoms with E-state index in [-0.39, 0.29) is 28.8 Å². The summed E-state index contributed by atoms with van der Waals surface area (Å²) in [6, 6.07) is 2.07. The van der Waals surface area contributed by atoms with Crippen molar-refractivity contribution in [2.24, 2.45) is 17.4 Å². The maximum Gasteiger partial charge on any atom is 0.248 e. The molecule has 5 N–H and O–H groups in total. The molecule has 6 heteroatoms. The summed E-state index contributed by atoms with van der Waals surface area (Å²) >= 11 is 0. The molecular formula is C13H18FN3O2. The average molecular weight is 267 g/mol. The zero-order valence-corrected chi connectivity index (χ0v) is 11.2. The van der Waals surface area contributed by atoms with Gasteiger partial charge in [-0.2, -0.15) is 0 Å². The molecule has 2 amide bonds. The summed E-state index contributed by atoms with van der Waals surface area (Å²) in [5.74, 6) is -2.12. The van der Waals surface area contributed by atoms with Gasteiger partial charge in [-0.05, 0) is 26.0 Å². The molecule has 0 radical (unpaired) electrons. The lowest BCUT2D eigenvalue weighted by Crippen LogP contribution is -2.34. The number of nitrogens with one attached hydrogen (secondary N) is 1. The van der Waals surface area contributed by atoms with Gasteiger partial charge in [-0.15, -0.1) is 0 Å². The van der Waals surface area contributed by atoms with Crippen LogP contribution in [0, 0.1) is 18.7 Å². The number of hydrogen-bond donors (Lipinski definition) is 3. The van der Waals surface area contributed by atoms with Gasteiger partial charge < -0.3 is 16.8 Å². The summed E-state index contributed by atoms with van der Waals surface area (Å²) in [6.07, 6.45) is 0. The lowest BCUT2D eigenvalue weighted by atomic mass is 10.0. The monoisotopic (exact) mass is 267 g/mol. The molecule has 0 heterocycles. The van der Waals surface area contributed by atoms with Gasteiger partial charge in [0.15, 0.2) is 0 Å². The topological polar surface area (TPSA) is 98.2 Å². The number of benzene rings is 1. The molecular weight excluding hydrogens is 249 g/mol. The van der Waals surface area contributed by atoms with Crippen LogP contribution in [0.5, 0.6) is 0 Å². The Labute approximate surface area is 111 Å². The fourth-order valence-electron chi connectivity index (χ4n) is 1.44. The van der Waals surface area contributed by atoms with E-state index in [0.717, 1.165) is 6.07 Å². The summed E-state index contributed by atoms with van der Waals surface area (Å²) in [5.41, 5.74) is 11.2. The smallest absolute Gasteiger partial charge is 0.248 e. The SMILES string of the molecule is Cc1c(F)cc(C(N)=O)cc1NC(=O)C(C)C(C)N. The minimum atomic E-state index is -0.755. The third kappa shape index (κ3) is 3.51. The van der Waals surface area contributed by atoms with E-state index in [1.54, 1.807) is 13.8 Å². The number of carbonyl (C=O) groups excluding carboxylic acids is 2. The van der Waals surface area contributed by atoms with E-state index < -0.39 is 17.6 Å². The first-order valence-electron chi connectivity index (χ1n) is 5.90. The Morgan fingerprint density at radius 3 is 2.37 bits per heavy atom. The van der Waals surface area contributed by atoms with E-state index in [1.165, 1.54) is 13.0 Å². The van der Waals surface area contributed by atoms with Crippen LogP contribution in [0.2, 0.25) is 0 Å². The van der Waals surface area contributed by atoms with Crippen molar-refractivity contribution in [2.45, 2.75) is 26.8 Å². The summed E-state index contributed by atoms with van der Waals surface area (Å²) in [4.78, 5) is 22.9. The quantitative estimate of drug-likeness (QED) is 0.763. The summed E-state index contributed by atoms with van der Waals surface area (Å²) < 4.78 is 13.6. The van der Waals surface area contributed by atoms with Crippen LogP contribution in [-0.4, -0.2) is 17.9 Å². The zero-order chi connectivity index (χ0) is 14.7. The fourth-order valence-corrected chi connectivity index (χ4v) is 1.44. The number of halogens is 1. The van der Waals surface area contributed by atoms with Crippen molar-refractivity contribution in [3.05, 3.63) is 29.1 Å². The van der Waals surface area contributed by atoms with Crippen LogP contribution in [0.3, 0.4) is 0 Å². The standard InChI is InChI=1S/C13H18FN3O2/c1-6(8(3)15)13(19)17-11-5-9(12(16)18)4-10(14)7(11)2/h4-6,8H,15H2,1-3H3,(H2,16,18)(H,17,19). The van der Waals surface area contributed by atoms with Gasteiger partial charge in [0, 0.05) is 22.9 Å². The number of hydrogen-bond acceptors (Lipinski definition) is 3. The highest BCUT2D eigenvalue weighted by Crippen LogP contribution is 2.21. The highest BCUT2D eigenvalue weighted by Gasteiger charge is 2.19. The molecule has 0 saturated carbocycles. The van der Waals surface area contributed by atoms with Crippen molar-refractivity contribution in [1.29, 1.82) is 0 Å². The molecule has 0 aromatic heterocycles. The number of carbonyl (C=O) groups is 2. The predicted molar refractivity (Wildman–Crippen MR) is 71.1 cm³/mol.